The van der Waals surface area contributed by atoms with Crippen LogP contribution in [0.15, 0.2) is 26.5 Å². The Morgan fingerprint density at radius 3 is 2.46 bits per heavy atom. The van der Waals surface area contributed by atoms with Crippen LogP contribution in [0.5, 0.6) is 11.5 Å². The third kappa shape index (κ3) is 6.42. The van der Waals surface area contributed by atoms with Gasteiger partial charge in [0.2, 0.25) is 0 Å². The Hall–Kier alpha value is -2.00. The number of hydrogen-bond donors (Lipinski definition) is 0. The summed E-state index contributed by atoms with van der Waals surface area (Å²) in [5.74, 6) is 0.433. The molecular weight excluding hydrogens is 532 g/mol. The van der Waals surface area contributed by atoms with Gasteiger partial charge in [-0.3, -0.25) is 14.7 Å². The lowest BCUT2D eigenvalue weighted by Gasteiger charge is -2.31. The van der Waals surface area contributed by atoms with Gasteiger partial charge in [-0.1, -0.05) is 38.5 Å². The fourth-order valence-corrected chi connectivity index (χ4v) is 6.59. The molecule has 9 heteroatoms. The minimum atomic E-state index is -0.481. The van der Waals surface area contributed by atoms with Gasteiger partial charge in [-0.2, -0.15) is 0 Å². The van der Waals surface area contributed by atoms with Crippen LogP contribution in [0.1, 0.15) is 69.8 Å². The van der Waals surface area contributed by atoms with E-state index in [4.69, 9.17) is 14.5 Å². The molecule has 0 bridgehead atoms. The van der Waals surface area contributed by atoms with Crippen molar-refractivity contribution in [2.24, 2.45) is 4.99 Å². The van der Waals surface area contributed by atoms with Crippen LogP contribution in [-0.4, -0.2) is 54.9 Å². The number of esters is 1. The summed E-state index contributed by atoms with van der Waals surface area (Å²) in [5, 5.41) is 0.865. The zero-order chi connectivity index (χ0) is 24.8. The van der Waals surface area contributed by atoms with Gasteiger partial charge >= 0.3 is 5.97 Å². The van der Waals surface area contributed by atoms with E-state index in [1.165, 1.54) is 44.6 Å². The largest absolute Gasteiger partial charge is 0.493 e. The molecule has 2 saturated carbocycles. The molecule has 1 heterocycles. The molecule has 3 aliphatic rings. The second kappa shape index (κ2) is 12.3. The maximum Gasteiger partial charge on any atom is 0.343 e. The van der Waals surface area contributed by atoms with Crippen molar-refractivity contribution in [3.63, 3.8) is 0 Å². The maximum absolute atomic E-state index is 13.6. The van der Waals surface area contributed by atoms with E-state index in [9.17, 15) is 9.59 Å². The number of ether oxygens (including phenoxy) is 3. The lowest BCUT2D eigenvalue weighted by Crippen LogP contribution is -2.41. The van der Waals surface area contributed by atoms with E-state index in [-0.39, 0.29) is 18.6 Å². The second-order valence-electron chi connectivity index (χ2n) is 9.18. The van der Waals surface area contributed by atoms with E-state index >= 15 is 0 Å². The van der Waals surface area contributed by atoms with Crippen LogP contribution in [0.2, 0.25) is 0 Å². The molecule has 0 spiro atoms. The standard InChI is InChI=1S/C26H33BrN2O5S/c1-32-21-14-17(13-20(27)24(21)34-16-23(30)33-2)15-22-25(31)29(19-11-7-4-8-12-19)26(35-22)28-18-9-5-3-6-10-18/h13-15,18-19H,3-12,16H2,1-2H3. The summed E-state index contributed by atoms with van der Waals surface area (Å²) >= 11 is 5.00. The zero-order valence-corrected chi connectivity index (χ0v) is 22.8. The van der Waals surface area contributed by atoms with Crippen molar-refractivity contribution in [1.82, 2.24) is 4.90 Å². The van der Waals surface area contributed by atoms with Gasteiger partial charge in [0.25, 0.3) is 5.91 Å². The van der Waals surface area contributed by atoms with Gasteiger partial charge in [-0.15, -0.1) is 0 Å². The molecule has 1 amide bonds. The Balaban J connectivity index is 1.61. The molecule has 35 heavy (non-hydrogen) atoms. The fraction of sp³-hybridized carbons (Fsp3) is 0.577. The van der Waals surface area contributed by atoms with Crippen LogP contribution in [0.3, 0.4) is 0 Å². The van der Waals surface area contributed by atoms with Gasteiger partial charge in [0.05, 0.1) is 29.6 Å². The minimum absolute atomic E-state index is 0.0394. The number of aliphatic imine (C=N–C) groups is 1. The predicted octanol–water partition coefficient (Wildman–Crippen LogP) is 5.95. The van der Waals surface area contributed by atoms with E-state index in [1.807, 2.05) is 17.0 Å². The van der Waals surface area contributed by atoms with E-state index in [0.29, 0.717) is 26.9 Å². The molecule has 3 fully saturated rings. The van der Waals surface area contributed by atoms with Crippen molar-refractivity contribution >= 4 is 50.8 Å². The molecule has 4 rings (SSSR count). The maximum atomic E-state index is 13.6. The van der Waals surface area contributed by atoms with Crippen molar-refractivity contribution in [3.8, 4) is 11.5 Å². The zero-order valence-electron chi connectivity index (χ0n) is 20.4. The number of methoxy groups -OCH3 is 2. The highest BCUT2D eigenvalue weighted by atomic mass is 79.9. The summed E-state index contributed by atoms with van der Waals surface area (Å²) in [5.41, 5.74) is 0.803. The van der Waals surface area contributed by atoms with Crippen LogP contribution >= 0.6 is 27.7 Å². The van der Waals surface area contributed by atoms with E-state index < -0.39 is 5.97 Å². The molecular formula is C26H33BrN2O5S. The van der Waals surface area contributed by atoms with Crippen molar-refractivity contribution in [1.29, 1.82) is 0 Å². The average Bonchev–Trinajstić information content (AvgIpc) is 3.17. The van der Waals surface area contributed by atoms with Crippen LogP contribution in [0, 0.1) is 0 Å². The van der Waals surface area contributed by atoms with Gasteiger partial charge in [-0.05, 0) is 77.1 Å². The molecule has 1 aromatic rings. The smallest absolute Gasteiger partial charge is 0.343 e. The normalized spacial score (nSPS) is 22.1. The lowest BCUT2D eigenvalue weighted by molar-refractivity contribution is -0.143. The number of nitrogens with zero attached hydrogens (tertiary/aromatic N) is 2. The molecule has 1 aromatic carbocycles. The number of benzene rings is 1. The summed E-state index contributed by atoms with van der Waals surface area (Å²) in [6.07, 6.45) is 13.4. The summed E-state index contributed by atoms with van der Waals surface area (Å²) < 4.78 is 16.4. The monoisotopic (exact) mass is 564 g/mol. The van der Waals surface area contributed by atoms with Crippen molar-refractivity contribution in [3.05, 3.63) is 27.1 Å². The lowest BCUT2D eigenvalue weighted by atomic mass is 9.94. The predicted molar refractivity (Wildman–Crippen MR) is 142 cm³/mol. The fourth-order valence-electron chi connectivity index (χ4n) is 4.91. The Labute approximate surface area is 219 Å². The molecule has 7 nitrogen and oxygen atoms in total. The van der Waals surface area contributed by atoms with Crippen LogP contribution in [0.4, 0.5) is 0 Å². The number of thioether (sulfide) groups is 1. The first-order valence-corrected chi connectivity index (χ1v) is 14.0. The van der Waals surface area contributed by atoms with Gasteiger partial charge < -0.3 is 14.2 Å². The number of amidine groups is 1. The third-order valence-corrected chi connectivity index (χ3v) is 8.34. The summed E-state index contributed by atoms with van der Waals surface area (Å²) in [6, 6.07) is 4.20. The van der Waals surface area contributed by atoms with Gasteiger partial charge in [0.15, 0.2) is 23.3 Å². The van der Waals surface area contributed by atoms with E-state index in [1.54, 1.807) is 13.2 Å². The molecule has 1 aliphatic heterocycles. The number of amides is 1. The molecule has 0 N–H and O–H groups in total. The third-order valence-electron chi connectivity index (χ3n) is 6.76. The first-order chi connectivity index (χ1) is 17.0. The number of hydrogen-bond acceptors (Lipinski definition) is 7. The van der Waals surface area contributed by atoms with Crippen molar-refractivity contribution in [2.75, 3.05) is 20.8 Å². The Morgan fingerprint density at radius 2 is 1.80 bits per heavy atom. The first-order valence-electron chi connectivity index (χ1n) is 12.4. The summed E-state index contributed by atoms with van der Waals surface area (Å²) in [4.78, 5) is 32.8. The topological polar surface area (TPSA) is 77.4 Å². The molecule has 190 valence electrons. The highest BCUT2D eigenvalue weighted by Gasteiger charge is 2.39. The molecule has 2 aliphatic carbocycles. The SMILES string of the molecule is COC(=O)COc1c(Br)cc(C=C2SC(=NC3CCCCC3)N(C3CCCCC3)C2=O)cc1OC. The highest BCUT2D eigenvalue weighted by molar-refractivity contribution is 9.10. The first kappa shape index (κ1) is 26.1. The summed E-state index contributed by atoms with van der Waals surface area (Å²) in [7, 11) is 2.85. The quantitative estimate of drug-likeness (QED) is 0.301. The van der Waals surface area contributed by atoms with E-state index in [0.717, 1.165) is 49.3 Å². The number of rotatable bonds is 7. The van der Waals surface area contributed by atoms with Gasteiger partial charge in [-0.25, -0.2) is 4.79 Å². The molecule has 0 aromatic heterocycles. The Kier molecular flexibility index (Phi) is 9.16. The van der Waals surface area contributed by atoms with Crippen molar-refractivity contribution < 1.29 is 23.8 Å². The minimum Gasteiger partial charge on any atom is -0.493 e. The molecule has 1 saturated heterocycles. The molecule has 0 radical (unpaired) electrons. The molecule has 0 atom stereocenters. The van der Waals surface area contributed by atoms with Crippen LogP contribution in [-0.2, 0) is 14.3 Å². The van der Waals surface area contributed by atoms with Gasteiger partial charge in [0.1, 0.15) is 0 Å². The number of halogens is 1. The Morgan fingerprint density at radius 1 is 1.11 bits per heavy atom. The Bertz CT molecular complexity index is 1000. The number of carbonyl (C=O) groups is 2. The van der Waals surface area contributed by atoms with E-state index in [2.05, 4.69) is 20.7 Å². The van der Waals surface area contributed by atoms with Crippen LogP contribution < -0.4 is 9.47 Å². The summed E-state index contributed by atoms with van der Waals surface area (Å²) in [6.45, 7) is -0.225. The second-order valence-corrected chi connectivity index (χ2v) is 11.0. The molecule has 0 unspecified atom stereocenters. The van der Waals surface area contributed by atoms with Gasteiger partial charge in [0, 0.05) is 6.04 Å². The van der Waals surface area contributed by atoms with Crippen LogP contribution in [0.25, 0.3) is 6.08 Å². The number of carbonyl (C=O) groups excluding carboxylic acids is 2. The average molecular weight is 566 g/mol. The highest BCUT2D eigenvalue weighted by Crippen LogP contribution is 2.41. The van der Waals surface area contributed by atoms with Crippen molar-refractivity contribution in [2.45, 2.75) is 76.3 Å².